The maximum Gasteiger partial charge on any atom is 0.263 e. The number of hydrogen-bond donors (Lipinski definition) is 1. The number of aryl methyl sites for hydroxylation is 1. The van der Waals surface area contributed by atoms with Gasteiger partial charge < -0.3 is 5.73 Å². The highest BCUT2D eigenvalue weighted by molar-refractivity contribution is 7.17. The van der Waals surface area contributed by atoms with E-state index >= 15 is 0 Å². The molecule has 0 bridgehead atoms. The molecule has 4 rings (SSSR count). The first kappa shape index (κ1) is 18.4. The molecular weight excluding hydrogens is 370 g/mol. The third-order valence-corrected chi connectivity index (χ3v) is 5.92. The summed E-state index contributed by atoms with van der Waals surface area (Å²) in [5, 5.41) is 4.78. The van der Waals surface area contributed by atoms with E-state index in [0.717, 1.165) is 28.3 Å². The molecule has 0 fully saturated rings. The van der Waals surface area contributed by atoms with E-state index in [2.05, 4.69) is 24.3 Å². The summed E-state index contributed by atoms with van der Waals surface area (Å²) in [7, 11) is 0. The first-order chi connectivity index (χ1) is 13.5. The SMILES string of the molecule is CCCc1nc2scc(-c3ccc4ccccc4c3)c2c(=O)n1C(C)C(N)=O. The van der Waals surface area contributed by atoms with Crippen LogP contribution in [0, 0.1) is 0 Å². The molecule has 0 saturated heterocycles. The average Bonchev–Trinajstić information content (AvgIpc) is 3.12. The second kappa shape index (κ2) is 7.20. The molecule has 0 saturated carbocycles. The van der Waals surface area contributed by atoms with Crippen LogP contribution in [-0.4, -0.2) is 15.5 Å². The number of nitrogens with zero attached hydrogens (tertiary/aromatic N) is 2. The molecule has 1 atom stereocenters. The zero-order valence-electron chi connectivity index (χ0n) is 15.8. The lowest BCUT2D eigenvalue weighted by Gasteiger charge is -2.16. The molecular formula is C22H21N3O2S. The van der Waals surface area contributed by atoms with Crippen LogP contribution >= 0.6 is 11.3 Å². The monoisotopic (exact) mass is 391 g/mol. The molecule has 2 aromatic heterocycles. The Kier molecular flexibility index (Phi) is 4.73. The molecule has 28 heavy (non-hydrogen) atoms. The van der Waals surface area contributed by atoms with Crippen molar-refractivity contribution in [2.45, 2.75) is 32.7 Å². The van der Waals surface area contributed by atoms with E-state index in [0.29, 0.717) is 22.5 Å². The van der Waals surface area contributed by atoms with E-state index < -0.39 is 11.9 Å². The molecule has 2 aromatic carbocycles. The minimum absolute atomic E-state index is 0.204. The number of primary amides is 1. The van der Waals surface area contributed by atoms with Crippen molar-refractivity contribution in [1.82, 2.24) is 9.55 Å². The minimum Gasteiger partial charge on any atom is -0.368 e. The van der Waals surface area contributed by atoms with Crippen molar-refractivity contribution in [2.24, 2.45) is 5.73 Å². The van der Waals surface area contributed by atoms with Gasteiger partial charge in [-0.3, -0.25) is 14.2 Å². The first-order valence-electron chi connectivity index (χ1n) is 9.32. The zero-order chi connectivity index (χ0) is 19.8. The molecule has 142 valence electrons. The predicted molar refractivity (Wildman–Crippen MR) is 115 cm³/mol. The molecule has 5 nitrogen and oxygen atoms in total. The Morgan fingerprint density at radius 2 is 1.96 bits per heavy atom. The summed E-state index contributed by atoms with van der Waals surface area (Å²) in [6, 6.07) is 13.5. The van der Waals surface area contributed by atoms with Gasteiger partial charge in [0.25, 0.3) is 5.56 Å². The lowest BCUT2D eigenvalue weighted by Crippen LogP contribution is -2.35. The Balaban J connectivity index is 1.99. The number of thiophene rings is 1. The van der Waals surface area contributed by atoms with Crippen molar-refractivity contribution in [2.75, 3.05) is 0 Å². The van der Waals surface area contributed by atoms with Gasteiger partial charge in [0.1, 0.15) is 16.7 Å². The first-order valence-corrected chi connectivity index (χ1v) is 10.2. The van der Waals surface area contributed by atoms with Gasteiger partial charge in [0.2, 0.25) is 5.91 Å². The highest BCUT2D eigenvalue weighted by atomic mass is 32.1. The minimum atomic E-state index is -0.740. The molecule has 0 aliphatic rings. The Bertz CT molecular complexity index is 1260. The molecule has 1 unspecified atom stereocenters. The van der Waals surface area contributed by atoms with Gasteiger partial charge in [-0.1, -0.05) is 43.3 Å². The Hall–Kier alpha value is -2.99. The van der Waals surface area contributed by atoms with Crippen molar-refractivity contribution < 1.29 is 4.79 Å². The molecule has 0 spiro atoms. The fourth-order valence-corrected chi connectivity index (χ4v) is 4.50. The fraction of sp³-hybridized carbons (Fsp3) is 0.227. The average molecular weight is 391 g/mol. The number of carbonyl (C=O) groups is 1. The number of nitrogens with two attached hydrogens (primary N) is 1. The quantitative estimate of drug-likeness (QED) is 0.552. The predicted octanol–water partition coefficient (Wildman–Crippen LogP) is 4.28. The molecule has 0 radical (unpaired) electrons. The highest BCUT2D eigenvalue weighted by Crippen LogP contribution is 2.33. The van der Waals surface area contributed by atoms with Gasteiger partial charge in [0.05, 0.1) is 5.39 Å². The normalized spacial score (nSPS) is 12.5. The topological polar surface area (TPSA) is 78.0 Å². The summed E-state index contributed by atoms with van der Waals surface area (Å²) in [4.78, 5) is 30.6. The van der Waals surface area contributed by atoms with Crippen LogP contribution in [0.5, 0.6) is 0 Å². The number of rotatable bonds is 5. The van der Waals surface area contributed by atoms with Crippen LogP contribution in [0.1, 0.15) is 32.1 Å². The molecule has 1 amide bonds. The van der Waals surface area contributed by atoms with Gasteiger partial charge in [-0.25, -0.2) is 4.98 Å². The van der Waals surface area contributed by atoms with Crippen molar-refractivity contribution in [3.63, 3.8) is 0 Å². The molecule has 6 heteroatoms. The maximum absolute atomic E-state index is 13.4. The summed E-state index contributed by atoms with van der Waals surface area (Å²) in [5.74, 6) is 0.0706. The van der Waals surface area contributed by atoms with Gasteiger partial charge in [0.15, 0.2) is 0 Å². The largest absolute Gasteiger partial charge is 0.368 e. The molecule has 2 N–H and O–H groups in total. The van der Waals surface area contributed by atoms with Crippen molar-refractivity contribution in [3.05, 3.63) is 64.0 Å². The second-order valence-corrected chi connectivity index (χ2v) is 7.78. The third-order valence-electron chi connectivity index (χ3n) is 5.05. The van der Waals surface area contributed by atoms with Crippen LogP contribution in [0.3, 0.4) is 0 Å². The number of hydrogen-bond acceptors (Lipinski definition) is 4. The van der Waals surface area contributed by atoms with E-state index in [-0.39, 0.29) is 5.56 Å². The van der Waals surface area contributed by atoms with Crippen LogP contribution in [0.25, 0.3) is 32.1 Å². The molecule has 0 aliphatic heterocycles. The van der Waals surface area contributed by atoms with E-state index in [1.165, 1.54) is 15.9 Å². The highest BCUT2D eigenvalue weighted by Gasteiger charge is 2.22. The van der Waals surface area contributed by atoms with Gasteiger partial charge in [-0.2, -0.15) is 0 Å². The number of benzene rings is 2. The van der Waals surface area contributed by atoms with Gasteiger partial charge >= 0.3 is 0 Å². The molecule has 2 heterocycles. The van der Waals surface area contributed by atoms with E-state index in [9.17, 15) is 9.59 Å². The maximum atomic E-state index is 13.4. The Labute approximate surface area is 166 Å². The second-order valence-electron chi connectivity index (χ2n) is 6.92. The lowest BCUT2D eigenvalue weighted by atomic mass is 10.0. The zero-order valence-corrected chi connectivity index (χ0v) is 16.6. The van der Waals surface area contributed by atoms with Gasteiger partial charge in [-0.15, -0.1) is 11.3 Å². The summed E-state index contributed by atoms with van der Waals surface area (Å²) in [6.45, 7) is 3.67. The number of fused-ring (bicyclic) bond motifs is 2. The summed E-state index contributed by atoms with van der Waals surface area (Å²) in [5.41, 5.74) is 7.11. The van der Waals surface area contributed by atoms with E-state index in [1.807, 2.05) is 30.5 Å². The number of aromatic nitrogens is 2. The Morgan fingerprint density at radius 3 is 2.68 bits per heavy atom. The van der Waals surface area contributed by atoms with Gasteiger partial charge in [-0.05, 0) is 35.7 Å². The number of amides is 1. The molecule has 4 aromatic rings. The fourth-order valence-electron chi connectivity index (χ4n) is 3.54. The van der Waals surface area contributed by atoms with Crippen molar-refractivity contribution in [3.8, 4) is 11.1 Å². The lowest BCUT2D eigenvalue weighted by molar-refractivity contribution is -0.120. The van der Waals surface area contributed by atoms with Crippen LogP contribution in [-0.2, 0) is 11.2 Å². The van der Waals surface area contributed by atoms with E-state index in [4.69, 9.17) is 10.7 Å². The summed E-state index contributed by atoms with van der Waals surface area (Å²) >= 11 is 1.46. The third kappa shape index (κ3) is 2.99. The van der Waals surface area contributed by atoms with Crippen LogP contribution < -0.4 is 11.3 Å². The van der Waals surface area contributed by atoms with Gasteiger partial charge in [0, 0.05) is 17.4 Å². The van der Waals surface area contributed by atoms with Crippen molar-refractivity contribution in [1.29, 1.82) is 0 Å². The Morgan fingerprint density at radius 1 is 1.21 bits per heavy atom. The smallest absolute Gasteiger partial charge is 0.263 e. The summed E-state index contributed by atoms with van der Waals surface area (Å²) < 4.78 is 1.46. The van der Waals surface area contributed by atoms with Crippen LogP contribution in [0.15, 0.2) is 52.6 Å². The standard InChI is InChI=1S/C22H21N3O2S/c1-3-6-18-24-21-19(22(27)25(18)13(2)20(23)26)17(12-28-21)16-10-9-14-7-4-5-8-15(14)11-16/h4-5,7-13H,3,6H2,1-2H3,(H2,23,26). The van der Waals surface area contributed by atoms with Crippen LogP contribution in [0.2, 0.25) is 0 Å². The number of carbonyl (C=O) groups excluding carboxylic acids is 1. The summed E-state index contributed by atoms with van der Waals surface area (Å²) in [6.07, 6.45) is 1.44. The molecule has 0 aliphatic carbocycles. The van der Waals surface area contributed by atoms with E-state index in [1.54, 1.807) is 6.92 Å². The van der Waals surface area contributed by atoms with Crippen LogP contribution in [0.4, 0.5) is 0 Å². The van der Waals surface area contributed by atoms with Crippen molar-refractivity contribution >= 4 is 38.2 Å².